The van der Waals surface area contributed by atoms with Gasteiger partial charge in [-0.25, -0.2) is 21.7 Å². The Morgan fingerprint density at radius 2 is 1.86 bits per heavy atom. The van der Waals surface area contributed by atoms with Crippen LogP contribution in [0, 0.1) is 5.82 Å². The third-order valence-electron chi connectivity index (χ3n) is 8.63. The second-order valence-corrected chi connectivity index (χ2v) is 14.8. The maximum absolute atomic E-state index is 16.6. The molecule has 4 aromatic rings. The van der Waals surface area contributed by atoms with Crippen LogP contribution in [0.5, 0.6) is 11.5 Å². The van der Waals surface area contributed by atoms with Crippen LogP contribution in [0.4, 0.5) is 21.5 Å². The monoisotopic (exact) mass is 727 g/mol. The fourth-order valence-corrected chi connectivity index (χ4v) is 7.55. The molecule has 2 atom stereocenters. The van der Waals surface area contributed by atoms with Crippen molar-refractivity contribution in [1.29, 1.82) is 0 Å². The van der Waals surface area contributed by atoms with Crippen molar-refractivity contribution in [3.05, 3.63) is 65.9 Å². The number of hydrogen-bond acceptors (Lipinski definition) is 11. The van der Waals surface area contributed by atoms with E-state index in [4.69, 9.17) is 18.9 Å². The molecule has 2 aromatic carbocycles. The lowest BCUT2D eigenvalue weighted by atomic mass is 10.0. The van der Waals surface area contributed by atoms with Crippen molar-refractivity contribution in [1.82, 2.24) is 14.7 Å². The van der Waals surface area contributed by atoms with E-state index in [1.165, 1.54) is 28.7 Å². The number of pyridine rings is 2. The first-order valence-corrected chi connectivity index (χ1v) is 18.9. The third-order valence-corrected chi connectivity index (χ3v) is 10.0. The molecule has 17 heteroatoms. The molecule has 0 saturated carbocycles. The van der Waals surface area contributed by atoms with E-state index in [2.05, 4.69) is 15.3 Å². The molecule has 0 aliphatic carbocycles. The summed E-state index contributed by atoms with van der Waals surface area (Å²) in [5, 5.41) is 3.17. The van der Waals surface area contributed by atoms with Gasteiger partial charge in [0, 0.05) is 66.7 Å². The number of hydrogen-bond donors (Lipinski definition) is 3. The first-order chi connectivity index (χ1) is 24.0. The minimum Gasteiger partial charge on any atom is -0.492 e. The van der Waals surface area contributed by atoms with Crippen LogP contribution in [0.15, 0.2) is 48.9 Å². The van der Waals surface area contributed by atoms with Crippen molar-refractivity contribution in [3.8, 4) is 22.6 Å². The summed E-state index contributed by atoms with van der Waals surface area (Å²) in [7, 11) is -3.91. The van der Waals surface area contributed by atoms with Gasteiger partial charge in [-0.1, -0.05) is 0 Å². The van der Waals surface area contributed by atoms with E-state index < -0.39 is 39.1 Å². The first-order valence-electron chi connectivity index (χ1n) is 15.9. The SMILES string of the molecule is CS(=O)(=O)NC(=O)c1cc(Nc2c(N(C3CCOC3)S(=O)O)cnc3cc(-c4cncc5c4OCC5)cc(F)c23)cc(OC2CCOCC2)c1. The number of nitrogens with zero attached hydrogens (tertiary/aromatic N) is 3. The Morgan fingerprint density at radius 1 is 1.06 bits per heavy atom. The summed E-state index contributed by atoms with van der Waals surface area (Å²) in [4.78, 5) is 21.9. The van der Waals surface area contributed by atoms with Gasteiger partial charge in [-0.05, 0) is 36.2 Å². The average molecular weight is 728 g/mol. The Labute approximate surface area is 289 Å². The van der Waals surface area contributed by atoms with Crippen molar-refractivity contribution in [3.63, 3.8) is 0 Å². The van der Waals surface area contributed by atoms with Crippen molar-refractivity contribution in [2.45, 2.75) is 37.8 Å². The highest BCUT2D eigenvalue weighted by atomic mass is 32.2. The molecular formula is C33H34FN5O9S2. The number of carbonyl (C=O) groups is 1. The Bertz CT molecular complexity index is 2090. The van der Waals surface area contributed by atoms with Crippen LogP contribution >= 0.6 is 0 Å². The second kappa shape index (κ2) is 14.1. The second-order valence-electron chi connectivity index (χ2n) is 12.2. The predicted octanol–water partition coefficient (Wildman–Crippen LogP) is 4.09. The van der Waals surface area contributed by atoms with Crippen molar-refractivity contribution < 1.29 is 45.3 Å². The number of halogens is 1. The van der Waals surface area contributed by atoms with Crippen LogP contribution < -0.4 is 23.8 Å². The Kier molecular flexibility index (Phi) is 9.58. The lowest BCUT2D eigenvalue weighted by molar-refractivity contribution is 0.0255. The number of ether oxygens (including phenoxy) is 4. The summed E-state index contributed by atoms with van der Waals surface area (Å²) in [5.41, 5.74) is 2.55. The van der Waals surface area contributed by atoms with Crippen LogP contribution in [0.3, 0.4) is 0 Å². The van der Waals surface area contributed by atoms with Gasteiger partial charge in [0.1, 0.15) is 23.4 Å². The number of rotatable bonds is 10. The largest absolute Gasteiger partial charge is 0.492 e. The van der Waals surface area contributed by atoms with Crippen LogP contribution in [-0.4, -0.2) is 84.5 Å². The number of benzene rings is 2. The van der Waals surface area contributed by atoms with Crippen molar-refractivity contribution >= 4 is 55.2 Å². The smallest absolute Gasteiger partial charge is 0.264 e. The number of carbonyl (C=O) groups excluding carboxylic acids is 1. The molecule has 14 nitrogen and oxygen atoms in total. The minimum atomic E-state index is -3.91. The molecule has 2 unspecified atom stereocenters. The van der Waals surface area contributed by atoms with Gasteiger partial charge >= 0.3 is 0 Å². The zero-order valence-electron chi connectivity index (χ0n) is 26.9. The summed E-state index contributed by atoms with van der Waals surface area (Å²) in [6, 6.07) is 6.86. The summed E-state index contributed by atoms with van der Waals surface area (Å²) < 4.78 is 90.0. The van der Waals surface area contributed by atoms with E-state index in [9.17, 15) is 22.0 Å². The normalized spacial score (nSPS) is 18.3. The standard InChI is InChI=1S/C33H34FN5O9S2/c1-50(43,44)38-33(40)21-10-22(14-25(11-21)48-24-4-7-45-8-5-24)37-31-29(39(49(41)42)23-3-6-46-18-23)17-36-28-13-20(12-27(34)30(28)31)26-16-35-15-19-2-9-47-32(19)26/h10-17,23-24H,2-9,18H2,1H3,(H,36,37)(H,38,40)(H,41,42). The molecule has 264 valence electrons. The van der Waals surface area contributed by atoms with Crippen LogP contribution in [0.25, 0.3) is 22.0 Å². The number of amides is 1. The molecule has 2 saturated heterocycles. The van der Waals surface area contributed by atoms with E-state index in [0.29, 0.717) is 69.0 Å². The molecular weight excluding hydrogens is 694 g/mol. The van der Waals surface area contributed by atoms with E-state index in [1.807, 2.05) is 4.72 Å². The Morgan fingerprint density at radius 3 is 2.60 bits per heavy atom. The van der Waals surface area contributed by atoms with Gasteiger partial charge in [0.05, 0.1) is 67.2 Å². The Balaban J connectivity index is 1.38. The third kappa shape index (κ3) is 7.22. The molecule has 7 rings (SSSR count). The van der Waals surface area contributed by atoms with Gasteiger partial charge in [0.25, 0.3) is 17.2 Å². The number of aromatic nitrogens is 2. The van der Waals surface area contributed by atoms with Crippen LogP contribution in [0.2, 0.25) is 0 Å². The van der Waals surface area contributed by atoms with E-state index in [1.54, 1.807) is 24.5 Å². The fourth-order valence-electron chi connectivity index (χ4n) is 6.37. The maximum atomic E-state index is 16.6. The quantitative estimate of drug-likeness (QED) is 0.200. The Hall–Kier alpha value is -4.42. The highest BCUT2D eigenvalue weighted by molar-refractivity contribution is 7.89. The minimum absolute atomic E-state index is 0.0000393. The number of sulfonamides is 1. The topological polar surface area (TPSA) is 179 Å². The highest BCUT2D eigenvalue weighted by Crippen LogP contribution is 2.43. The van der Waals surface area contributed by atoms with Crippen LogP contribution in [0.1, 0.15) is 35.2 Å². The summed E-state index contributed by atoms with van der Waals surface area (Å²) >= 11 is -2.57. The van der Waals surface area contributed by atoms with Crippen molar-refractivity contribution in [2.24, 2.45) is 0 Å². The molecule has 3 aliphatic heterocycles. The zero-order valence-corrected chi connectivity index (χ0v) is 28.5. The summed E-state index contributed by atoms with van der Waals surface area (Å²) in [6.07, 6.45) is 7.64. The number of anilines is 3. The maximum Gasteiger partial charge on any atom is 0.264 e. The molecule has 2 fully saturated rings. The lowest BCUT2D eigenvalue weighted by Gasteiger charge is -2.28. The van der Waals surface area contributed by atoms with E-state index >= 15 is 4.39 Å². The fraction of sp³-hybridized carbons (Fsp3) is 0.364. The van der Waals surface area contributed by atoms with E-state index in [-0.39, 0.29) is 52.0 Å². The molecule has 50 heavy (non-hydrogen) atoms. The van der Waals surface area contributed by atoms with Gasteiger partial charge in [-0.2, -0.15) is 0 Å². The van der Waals surface area contributed by atoms with E-state index in [0.717, 1.165) is 11.8 Å². The highest BCUT2D eigenvalue weighted by Gasteiger charge is 2.32. The zero-order chi connectivity index (χ0) is 35.0. The van der Waals surface area contributed by atoms with Gasteiger partial charge in [0.15, 0.2) is 0 Å². The molecule has 0 bridgehead atoms. The predicted molar refractivity (Wildman–Crippen MR) is 183 cm³/mol. The van der Waals surface area contributed by atoms with Gasteiger partial charge < -0.3 is 24.3 Å². The first kappa shape index (κ1) is 34.0. The molecule has 3 aliphatic rings. The van der Waals surface area contributed by atoms with Gasteiger partial charge in [-0.15, -0.1) is 0 Å². The molecule has 0 spiro atoms. The summed E-state index contributed by atoms with van der Waals surface area (Å²) in [6.45, 7) is 1.99. The molecule has 5 heterocycles. The molecule has 3 N–H and O–H groups in total. The lowest BCUT2D eigenvalue weighted by Crippen LogP contribution is -2.37. The van der Waals surface area contributed by atoms with Gasteiger partial charge in [0.2, 0.25) is 10.0 Å². The number of fused-ring (bicyclic) bond motifs is 2. The number of nitrogens with one attached hydrogen (secondary N) is 2. The van der Waals surface area contributed by atoms with Gasteiger partial charge in [-0.3, -0.25) is 23.6 Å². The molecule has 1 amide bonds. The van der Waals surface area contributed by atoms with Crippen molar-refractivity contribution in [2.75, 3.05) is 48.9 Å². The summed E-state index contributed by atoms with van der Waals surface area (Å²) in [5.74, 6) is -0.726. The molecule has 2 aromatic heterocycles. The van der Waals surface area contributed by atoms with Crippen LogP contribution in [-0.2, 0) is 37.2 Å². The molecule has 0 radical (unpaired) electrons. The average Bonchev–Trinajstić information content (AvgIpc) is 3.78.